The summed E-state index contributed by atoms with van der Waals surface area (Å²) in [5.41, 5.74) is 4.00. The van der Waals surface area contributed by atoms with Gasteiger partial charge in [-0.1, -0.05) is 65.8 Å². The third-order valence-electron chi connectivity index (χ3n) is 6.79. The Kier molecular flexibility index (Phi) is 6.79. The van der Waals surface area contributed by atoms with Gasteiger partial charge in [-0.3, -0.25) is 14.1 Å². The molecule has 0 radical (unpaired) electrons. The lowest BCUT2D eigenvalue weighted by atomic mass is 9.98. The van der Waals surface area contributed by atoms with Gasteiger partial charge in [0.25, 0.3) is 6.01 Å². The summed E-state index contributed by atoms with van der Waals surface area (Å²) in [7, 11) is 0. The number of carbonyl (C=O) groups is 1. The van der Waals surface area contributed by atoms with E-state index in [0.717, 1.165) is 16.7 Å². The molecule has 6 rings (SSSR count). The number of carbonyl (C=O) groups excluding carboxylic acids is 1. The predicted octanol–water partition coefficient (Wildman–Crippen LogP) is 3.32. The smallest absolute Gasteiger partial charge is 0.519 e. The molecule has 3 aromatic carbocycles. The van der Waals surface area contributed by atoms with Crippen LogP contribution in [0.15, 0.2) is 89.7 Å². The number of rotatable bonds is 9. The summed E-state index contributed by atoms with van der Waals surface area (Å²) in [5.74, 6) is -1.73. The molecule has 1 N–H and O–H groups in total. The molecule has 212 valence electrons. The Morgan fingerprint density at radius 1 is 1.02 bits per heavy atom. The highest BCUT2D eigenvalue weighted by Gasteiger charge is 2.21. The number of nitrogens with one attached hydrogen (secondary N) is 1. The second kappa shape index (κ2) is 10.7. The number of para-hydroxylation sites is 1. The summed E-state index contributed by atoms with van der Waals surface area (Å²) in [5, 5.41) is 15.8. The summed E-state index contributed by atoms with van der Waals surface area (Å²) in [6.07, 6.45) is -0.257. The summed E-state index contributed by atoms with van der Waals surface area (Å²) in [6.45, 7) is 3.65. The van der Waals surface area contributed by atoms with Gasteiger partial charge in [-0.2, -0.15) is 4.98 Å². The number of fused-ring (bicyclic) bond motifs is 1. The molecule has 1 unspecified atom stereocenters. The summed E-state index contributed by atoms with van der Waals surface area (Å²) < 4.78 is 22.6. The van der Waals surface area contributed by atoms with Gasteiger partial charge in [0.1, 0.15) is 11.9 Å². The molecule has 1 atom stereocenters. The number of benzene rings is 3. The van der Waals surface area contributed by atoms with Gasteiger partial charge in [0.15, 0.2) is 11.6 Å². The van der Waals surface area contributed by atoms with Crippen molar-refractivity contribution in [1.82, 2.24) is 19.7 Å². The molecule has 0 spiro atoms. The molecule has 0 bridgehead atoms. The van der Waals surface area contributed by atoms with Crippen LogP contribution in [0.4, 0.5) is 0 Å². The van der Waals surface area contributed by atoms with E-state index in [1.807, 2.05) is 48.5 Å². The van der Waals surface area contributed by atoms with Gasteiger partial charge in [-0.15, -0.1) is 0 Å². The van der Waals surface area contributed by atoms with Gasteiger partial charge < -0.3 is 23.5 Å². The van der Waals surface area contributed by atoms with Gasteiger partial charge in [0.05, 0.1) is 23.5 Å². The number of nitrogens with zero attached hydrogens (tertiary/aromatic N) is 3. The maximum atomic E-state index is 12.0. The molecule has 0 saturated heterocycles. The van der Waals surface area contributed by atoms with Crippen molar-refractivity contribution in [3.8, 4) is 28.5 Å². The van der Waals surface area contributed by atoms with E-state index in [1.165, 1.54) is 6.07 Å². The fourth-order valence-electron chi connectivity index (χ4n) is 4.87. The Balaban J connectivity index is 1.34. The zero-order chi connectivity index (χ0) is 29.4. The number of carboxylic acids is 1. The highest BCUT2D eigenvalue weighted by molar-refractivity contribution is 6.00. The molecule has 0 saturated carbocycles. The zero-order valence-electron chi connectivity index (χ0n) is 22.5. The van der Waals surface area contributed by atoms with Crippen LogP contribution in [0, 0.1) is 6.92 Å². The Bertz CT molecular complexity index is 2030. The van der Waals surface area contributed by atoms with E-state index in [9.17, 15) is 19.5 Å². The van der Waals surface area contributed by atoms with Gasteiger partial charge in [0, 0.05) is 17.5 Å². The largest absolute Gasteiger partial charge is 0.545 e. The van der Waals surface area contributed by atoms with Crippen LogP contribution in [0.2, 0.25) is 0 Å². The van der Waals surface area contributed by atoms with Crippen molar-refractivity contribution in [1.29, 1.82) is 0 Å². The standard InChI is InChI=1S/C30H24N4O8/c1-16(14-24-17(2)40-30(38)41-24)39-28-31-23-9-5-8-22(27(35)36)25(23)34(28)15-18-10-12-19(13-11-18)20-6-3-4-7-21(20)26-32-29(37)42-33-26/h3-13,16H,14-15H2,1-2H3,(H,35,36)(H,32,33,37)/p-1. The monoisotopic (exact) mass is 567 g/mol. The maximum Gasteiger partial charge on any atom is 0.519 e. The highest BCUT2D eigenvalue weighted by Crippen LogP contribution is 2.31. The third-order valence-corrected chi connectivity index (χ3v) is 6.79. The first-order valence-corrected chi connectivity index (χ1v) is 13.0. The molecule has 0 aliphatic heterocycles. The van der Waals surface area contributed by atoms with Gasteiger partial charge in [-0.05, 0) is 36.6 Å². The molecule has 0 aliphatic rings. The maximum absolute atomic E-state index is 12.0. The fourth-order valence-corrected chi connectivity index (χ4v) is 4.87. The van der Waals surface area contributed by atoms with Crippen molar-refractivity contribution in [2.75, 3.05) is 0 Å². The first-order valence-electron chi connectivity index (χ1n) is 13.0. The van der Waals surface area contributed by atoms with E-state index in [-0.39, 0.29) is 24.5 Å². The first-order chi connectivity index (χ1) is 20.3. The molecular weight excluding hydrogens is 544 g/mol. The molecular formula is C30H23N4O8-. The van der Waals surface area contributed by atoms with Crippen molar-refractivity contribution in [3.63, 3.8) is 0 Å². The van der Waals surface area contributed by atoms with Gasteiger partial charge >= 0.3 is 11.6 Å². The van der Waals surface area contributed by atoms with Crippen molar-refractivity contribution < 1.29 is 28.0 Å². The molecule has 12 heteroatoms. The van der Waals surface area contributed by atoms with Gasteiger partial charge in [0.2, 0.25) is 0 Å². The molecule has 0 aliphatic carbocycles. The van der Waals surface area contributed by atoms with Crippen molar-refractivity contribution in [2.45, 2.75) is 32.9 Å². The SMILES string of the molecule is Cc1oc(=O)oc1CC(C)Oc1nc2cccc(C(=O)[O-])c2n1Cc1ccc(-c2ccccc2-c2noc(=O)[nH]2)cc1. The number of carboxylic acid groups (broad SMARTS) is 1. The minimum absolute atomic E-state index is 0.0219. The Hall–Kier alpha value is -5.65. The first kappa shape index (κ1) is 26.6. The minimum Gasteiger partial charge on any atom is -0.545 e. The number of imidazole rings is 1. The van der Waals surface area contributed by atoms with E-state index in [2.05, 4.69) is 19.6 Å². The van der Waals surface area contributed by atoms with Crippen molar-refractivity contribution in [3.05, 3.63) is 111 Å². The van der Waals surface area contributed by atoms with E-state index in [0.29, 0.717) is 33.9 Å². The van der Waals surface area contributed by atoms with Crippen LogP contribution in [0.3, 0.4) is 0 Å². The van der Waals surface area contributed by atoms with Crippen LogP contribution in [0.5, 0.6) is 6.01 Å². The molecule has 0 amide bonds. The van der Waals surface area contributed by atoms with Crippen molar-refractivity contribution in [2.24, 2.45) is 0 Å². The summed E-state index contributed by atoms with van der Waals surface area (Å²) >= 11 is 0. The van der Waals surface area contributed by atoms with Crippen LogP contribution in [-0.4, -0.2) is 31.8 Å². The highest BCUT2D eigenvalue weighted by atomic mass is 16.6. The Morgan fingerprint density at radius 2 is 1.79 bits per heavy atom. The number of aryl methyl sites for hydroxylation is 1. The molecule has 42 heavy (non-hydrogen) atoms. The van der Waals surface area contributed by atoms with E-state index >= 15 is 0 Å². The lowest BCUT2D eigenvalue weighted by Gasteiger charge is -2.16. The van der Waals surface area contributed by atoms with Crippen molar-refractivity contribution >= 4 is 17.0 Å². The normalized spacial score (nSPS) is 12.0. The van der Waals surface area contributed by atoms with Crippen LogP contribution in [-0.2, 0) is 13.0 Å². The number of aromatic carboxylic acids is 1. The van der Waals surface area contributed by atoms with E-state index < -0.39 is 23.7 Å². The molecule has 0 fully saturated rings. The quantitative estimate of drug-likeness (QED) is 0.273. The number of H-pyrrole nitrogens is 1. The zero-order valence-corrected chi connectivity index (χ0v) is 22.5. The second-order valence-electron chi connectivity index (χ2n) is 9.69. The molecule has 6 aromatic rings. The fraction of sp³-hybridized carbons (Fsp3) is 0.167. The third kappa shape index (κ3) is 5.12. The number of aromatic nitrogens is 4. The van der Waals surface area contributed by atoms with E-state index in [4.69, 9.17) is 13.6 Å². The number of aromatic amines is 1. The summed E-state index contributed by atoms with van der Waals surface area (Å²) in [4.78, 5) is 42.1. The molecule has 12 nitrogen and oxygen atoms in total. The Labute approximate surface area is 236 Å². The number of hydrogen-bond acceptors (Lipinski definition) is 10. The number of hydrogen-bond donors (Lipinski definition) is 1. The van der Waals surface area contributed by atoms with Crippen LogP contribution in [0.25, 0.3) is 33.5 Å². The molecule has 3 heterocycles. The lowest BCUT2D eigenvalue weighted by Crippen LogP contribution is -2.23. The lowest BCUT2D eigenvalue weighted by molar-refractivity contribution is -0.254. The second-order valence-corrected chi connectivity index (χ2v) is 9.69. The topological polar surface area (TPSA) is 169 Å². The predicted molar refractivity (Wildman–Crippen MR) is 147 cm³/mol. The van der Waals surface area contributed by atoms with Gasteiger partial charge in [-0.25, -0.2) is 9.59 Å². The van der Waals surface area contributed by atoms with Crippen LogP contribution < -0.4 is 21.4 Å². The minimum atomic E-state index is -1.34. The van der Waals surface area contributed by atoms with E-state index in [1.54, 1.807) is 30.5 Å². The van der Waals surface area contributed by atoms with Crippen LogP contribution in [0.1, 0.15) is 34.4 Å². The number of ether oxygens (including phenoxy) is 1. The average molecular weight is 568 g/mol. The van der Waals surface area contributed by atoms with Crippen LogP contribution >= 0.6 is 0 Å². The summed E-state index contributed by atoms with van der Waals surface area (Å²) in [6, 6.07) is 20.0. The Morgan fingerprint density at radius 3 is 2.45 bits per heavy atom. The molecule has 3 aromatic heterocycles. The average Bonchev–Trinajstić information content (AvgIpc) is 3.65.